The molecule has 4 amide bonds. The molecule has 4 aliphatic heterocycles. The lowest BCUT2D eigenvalue weighted by Gasteiger charge is -2.42. The molecule has 0 radical (unpaired) electrons. The third kappa shape index (κ3) is 8.10. The van der Waals surface area contributed by atoms with Gasteiger partial charge in [-0.05, 0) is 54.8 Å². The number of hydrogen-bond donors (Lipinski definition) is 3. The van der Waals surface area contributed by atoms with E-state index < -0.39 is 30.8 Å². The number of carbonyl (C=O) groups excluding carboxylic acids is 4. The number of thiophene rings is 1. The molecule has 3 N–H and O–H groups in total. The summed E-state index contributed by atoms with van der Waals surface area (Å²) in [7, 11) is -5.80. The van der Waals surface area contributed by atoms with Gasteiger partial charge in [-0.3, -0.25) is 23.7 Å². The van der Waals surface area contributed by atoms with Gasteiger partial charge in [-0.15, -0.1) is 11.3 Å². The van der Waals surface area contributed by atoms with Gasteiger partial charge >= 0.3 is 13.3 Å². The van der Waals surface area contributed by atoms with E-state index in [1.807, 2.05) is 30.3 Å². The molecule has 0 bridgehead atoms. The zero-order chi connectivity index (χ0) is 38.2. The topological polar surface area (TPSA) is 166 Å². The predicted molar refractivity (Wildman–Crippen MR) is 194 cm³/mol. The van der Waals surface area contributed by atoms with Crippen LogP contribution in [0, 0.1) is 5.92 Å². The monoisotopic (exact) mass is 788 g/mol. The van der Waals surface area contributed by atoms with Crippen molar-refractivity contribution in [3.63, 3.8) is 0 Å². The number of benzene rings is 2. The summed E-state index contributed by atoms with van der Waals surface area (Å²) in [6.07, 6.45) is 2.48. The highest BCUT2D eigenvalue weighted by atomic mass is 32.1. The van der Waals surface area contributed by atoms with E-state index in [2.05, 4.69) is 5.32 Å². The molecule has 2 aromatic carbocycles. The molecule has 4 atom stereocenters. The van der Waals surface area contributed by atoms with Crippen molar-refractivity contribution in [2.24, 2.45) is 5.92 Å². The zero-order valence-corrected chi connectivity index (χ0v) is 31.2. The molecule has 3 aromatic rings. The summed E-state index contributed by atoms with van der Waals surface area (Å²) in [4.78, 5) is 78.3. The highest BCUT2D eigenvalue weighted by Gasteiger charge is 2.50. The Kier molecular flexibility index (Phi) is 11.2. The molecule has 1 unspecified atom stereocenters. The minimum Gasteiger partial charge on any atom is -0.378 e. The maximum atomic E-state index is 14.5. The van der Waals surface area contributed by atoms with Crippen molar-refractivity contribution in [3.05, 3.63) is 70.6 Å². The number of carbonyl (C=O) groups is 4. The third-order valence-electron chi connectivity index (χ3n) is 10.9. The number of alkyl halides is 2. The van der Waals surface area contributed by atoms with Crippen LogP contribution in [-0.4, -0.2) is 112 Å². The van der Waals surface area contributed by atoms with Gasteiger partial charge in [0.25, 0.3) is 5.91 Å². The maximum absolute atomic E-state index is 14.5. The number of morpholine rings is 1. The summed E-state index contributed by atoms with van der Waals surface area (Å²) >= 11 is 1.00. The summed E-state index contributed by atoms with van der Waals surface area (Å²) in [5.74, 6) is -1.28. The summed E-state index contributed by atoms with van der Waals surface area (Å²) < 4.78 is 52.5. The molecular formula is C37H43F2N4O9PS. The van der Waals surface area contributed by atoms with E-state index in [4.69, 9.17) is 9.47 Å². The van der Waals surface area contributed by atoms with Gasteiger partial charge in [0.2, 0.25) is 17.7 Å². The first kappa shape index (κ1) is 38.5. The number of nitrogens with zero attached hydrogens (tertiary/aromatic N) is 3. The van der Waals surface area contributed by atoms with E-state index in [9.17, 15) is 42.3 Å². The highest BCUT2D eigenvalue weighted by Crippen LogP contribution is 2.59. The molecule has 1 aromatic heterocycles. The van der Waals surface area contributed by atoms with Crippen LogP contribution in [-0.2, 0) is 40.7 Å². The summed E-state index contributed by atoms with van der Waals surface area (Å²) in [5.41, 5.74) is -4.32. The van der Waals surface area contributed by atoms with Gasteiger partial charge < -0.3 is 39.3 Å². The normalized spacial score (nSPS) is 24.1. The summed E-state index contributed by atoms with van der Waals surface area (Å²) in [6.45, 7) is 3.09. The van der Waals surface area contributed by atoms with Gasteiger partial charge in [0.15, 0.2) is 0 Å². The molecule has 7 rings (SSSR count). The van der Waals surface area contributed by atoms with Crippen molar-refractivity contribution in [1.82, 2.24) is 20.0 Å². The van der Waals surface area contributed by atoms with E-state index in [1.54, 1.807) is 14.7 Å². The van der Waals surface area contributed by atoms with Gasteiger partial charge in [-0.25, -0.2) is 0 Å². The molecule has 4 saturated heterocycles. The van der Waals surface area contributed by atoms with Gasteiger partial charge in [-0.1, -0.05) is 36.4 Å². The van der Waals surface area contributed by atoms with Crippen LogP contribution in [0.3, 0.4) is 0 Å². The third-order valence-corrected chi connectivity index (χ3v) is 13.0. The second-order valence-corrected chi connectivity index (χ2v) is 17.2. The molecule has 4 aliphatic rings. The lowest BCUT2D eigenvalue weighted by atomic mass is 9.95. The molecule has 4 fully saturated rings. The summed E-state index contributed by atoms with van der Waals surface area (Å²) in [5, 5.41) is 3.07. The van der Waals surface area contributed by atoms with Crippen molar-refractivity contribution in [3.8, 4) is 0 Å². The van der Waals surface area contributed by atoms with Crippen LogP contribution in [0.5, 0.6) is 0 Å². The summed E-state index contributed by atoms with van der Waals surface area (Å²) in [6, 6.07) is 12.5. The standard InChI is InChI=1S/C37H43F2N4O9PS/c38-37(39,53(48,49)50)26-6-11-31-24(16-26)17-32(54-31)34(45)40-30-19-29(52-22-23-4-2-1-3-5-23)10-9-27-7-8-28(43(27)36(30)47)18-33(44)42-20-25(21-42)35(46)41-12-14-51-15-13-41/h1-6,11,16-17,25,27-30H,7-10,12-15,18-22H2,(H,40,45)(H2,48,49,50)/t27-,28+,29+,30?/m1/s1. The Morgan fingerprint density at radius 2 is 1.70 bits per heavy atom. The van der Waals surface area contributed by atoms with Crippen molar-refractivity contribution < 1.29 is 51.8 Å². The molecule has 13 nitrogen and oxygen atoms in total. The van der Waals surface area contributed by atoms with Gasteiger partial charge in [0, 0.05) is 61.4 Å². The van der Waals surface area contributed by atoms with Crippen LogP contribution in [0.25, 0.3) is 10.1 Å². The molecule has 5 heterocycles. The van der Waals surface area contributed by atoms with Crippen molar-refractivity contribution in [2.75, 3.05) is 39.4 Å². The Hall–Kier alpha value is -3.79. The van der Waals surface area contributed by atoms with Crippen molar-refractivity contribution in [2.45, 2.75) is 75.0 Å². The Balaban J connectivity index is 1.06. The number of fused-ring (bicyclic) bond motifs is 2. The molecule has 17 heteroatoms. The van der Waals surface area contributed by atoms with E-state index in [-0.39, 0.29) is 64.9 Å². The zero-order valence-electron chi connectivity index (χ0n) is 29.5. The Bertz CT molecular complexity index is 1930. The van der Waals surface area contributed by atoms with Crippen LogP contribution in [0.15, 0.2) is 54.6 Å². The Morgan fingerprint density at radius 3 is 2.43 bits per heavy atom. The average molecular weight is 789 g/mol. The number of amides is 4. The smallest absolute Gasteiger partial charge is 0.378 e. The fourth-order valence-corrected chi connectivity index (χ4v) is 9.28. The van der Waals surface area contributed by atoms with Gasteiger partial charge in [0.05, 0.1) is 36.7 Å². The number of nitrogens with one attached hydrogen (secondary N) is 1. The maximum Gasteiger partial charge on any atom is 0.399 e. The predicted octanol–water partition coefficient (Wildman–Crippen LogP) is 4.06. The van der Waals surface area contributed by atoms with Gasteiger partial charge in [0.1, 0.15) is 6.04 Å². The van der Waals surface area contributed by atoms with Crippen LogP contribution < -0.4 is 5.32 Å². The fraction of sp³-hybridized carbons (Fsp3) is 0.514. The number of ether oxygens (including phenoxy) is 2. The number of hydrogen-bond acceptors (Lipinski definition) is 8. The lowest BCUT2D eigenvalue weighted by molar-refractivity contribution is -0.152. The Labute approximate surface area is 314 Å². The minimum atomic E-state index is -5.80. The molecule has 290 valence electrons. The Morgan fingerprint density at radius 1 is 0.981 bits per heavy atom. The van der Waals surface area contributed by atoms with Gasteiger partial charge in [-0.2, -0.15) is 8.78 Å². The SMILES string of the molecule is O=C(NC1C[C@@H](OCc2ccccc2)CC[C@H]2CC[C@@H](CC(=O)N3CC(C(=O)N4CCOCC4)C3)N2C1=O)c1cc2cc(C(F)(F)P(=O)(O)O)ccc2s1. The first-order valence-corrected chi connectivity index (χ1v) is 20.6. The second-order valence-electron chi connectivity index (χ2n) is 14.5. The number of likely N-dealkylation sites (tertiary alicyclic amines) is 1. The minimum absolute atomic E-state index is 0.0306. The second kappa shape index (κ2) is 15.8. The molecule has 0 saturated carbocycles. The molecule has 54 heavy (non-hydrogen) atoms. The molecule has 0 aliphatic carbocycles. The number of halogens is 2. The highest BCUT2D eigenvalue weighted by molar-refractivity contribution is 7.52. The fourth-order valence-electron chi connectivity index (χ4n) is 7.86. The van der Waals surface area contributed by atoms with Crippen molar-refractivity contribution in [1.29, 1.82) is 0 Å². The van der Waals surface area contributed by atoms with Crippen LogP contribution >= 0.6 is 18.9 Å². The largest absolute Gasteiger partial charge is 0.399 e. The molecular weight excluding hydrogens is 745 g/mol. The van der Waals surface area contributed by atoms with E-state index >= 15 is 0 Å². The first-order valence-electron chi connectivity index (χ1n) is 18.2. The quantitative estimate of drug-likeness (QED) is 0.257. The van der Waals surface area contributed by atoms with Crippen LogP contribution in [0.2, 0.25) is 0 Å². The van der Waals surface area contributed by atoms with Crippen molar-refractivity contribution >= 4 is 52.6 Å². The van der Waals surface area contributed by atoms with Crippen LogP contribution in [0.1, 0.15) is 59.3 Å². The van der Waals surface area contributed by atoms with E-state index in [0.717, 1.165) is 29.0 Å². The average Bonchev–Trinajstić information content (AvgIpc) is 3.74. The number of rotatable bonds is 10. The molecule has 0 spiro atoms. The van der Waals surface area contributed by atoms with Crippen LogP contribution in [0.4, 0.5) is 8.78 Å². The first-order chi connectivity index (χ1) is 25.8. The van der Waals surface area contributed by atoms with E-state index in [1.165, 1.54) is 12.1 Å². The lowest BCUT2D eigenvalue weighted by Crippen LogP contribution is -2.59. The van der Waals surface area contributed by atoms with E-state index in [0.29, 0.717) is 76.4 Å².